The van der Waals surface area contributed by atoms with Crippen LogP contribution in [0.5, 0.6) is 0 Å². The first-order valence-corrected chi connectivity index (χ1v) is 8.72. The van der Waals surface area contributed by atoms with Crippen molar-refractivity contribution in [3.63, 3.8) is 0 Å². The zero-order valence-corrected chi connectivity index (χ0v) is 13.3. The maximum Gasteiger partial charge on any atom is 0.324 e. The molecule has 1 aliphatic heterocycles. The Morgan fingerprint density at radius 3 is 2.67 bits per heavy atom. The van der Waals surface area contributed by atoms with Gasteiger partial charge in [-0.05, 0) is 0 Å². The summed E-state index contributed by atoms with van der Waals surface area (Å²) in [5, 5.41) is 19.4. The smallest absolute Gasteiger partial charge is 0.324 e. The normalized spacial score (nSPS) is 19.3. The molecule has 2 rings (SSSR count). The molecule has 1 atom stereocenters. The highest BCUT2D eigenvalue weighted by Gasteiger charge is 2.35. The van der Waals surface area contributed by atoms with Gasteiger partial charge in [-0.3, -0.25) is 4.90 Å². The largest absolute Gasteiger partial charge is 0.394 e. The predicted molar refractivity (Wildman–Crippen MR) is 76.8 cm³/mol. The number of aliphatic hydroxyl groups excluding tert-OH is 1. The molecular formula is C10H17N5O4S2. The zero-order chi connectivity index (χ0) is 15.6. The Morgan fingerprint density at radius 2 is 2.10 bits per heavy atom. The van der Waals surface area contributed by atoms with Gasteiger partial charge in [-0.15, -0.1) is 10.2 Å². The lowest BCUT2D eigenvalue weighted by atomic mass is 10.3. The van der Waals surface area contributed by atoms with Crippen LogP contribution in [0.15, 0.2) is 4.34 Å². The molecular weight excluding hydrogens is 318 g/mol. The van der Waals surface area contributed by atoms with E-state index in [1.165, 1.54) is 9.21 Å². The van der Waals surface area contributed by atoms with Crippen molar-refractivity contribution >= 4 is 32.5 Å². The zero-order valence-electron chi connectivity index (χ0n) is 11.7. The van der Waals surface area contributed by atoms with E-state index in [4.69, 9.17) is 0 Å². The number of hydrogen-bond donors (Lipinski definition) is 2. The van der Waals surface area contributed by atoms with Crippen LogP contribution in [0.25, 0.3) is 0 Å². The van der Waals surface area contributed by atoms with Crippen LogP contribution in [0.3, 0.4) is 0 Å². The van der Waals surface area contributed by atoms with E-state index in [-0.39, 0.29) is 22.6 Å². The summed E-state index contributed by atoms with van der Waals surface area (Å²) in [6.45, 7) is 4.18. The number of nitrogens with one attached hydrogen (secondary N) is 1. The SMILES string of the molecule is CCN(CC)S(=O)(=O)c1nnc(N2C(=O)NCC2CO)s1. The van der Waals surface area contributed by atoms with Crippen LogP contribution in [0.2, 0.25) is 0 Å². The van der Waals surface area contributed by atoms with Gasteiger partial charge >= 0.3 is 6.03 Å². The van der Waals surface area contributed by atoms with Crippen LogP contribution < -0.4 is 10.2 Å². The van der Waals surface area contributed by atoms with Crippen LogP contribution in [0.4, 0.5) is 9.93 Å². The van der Waals surface area contributed by atoms with E-state index < -0.39 is 22.1 Å². The lowest BCUT2D eigenvalue weighted by Gasteiger charge is -2.17. The van der Waals surface area contributed by atoms with Crippen LogP contribution in [0, 0.1) is 0 Å². The average molecular weight is 335 g/mol. The van der Waals surface area contributed by atoms with E-state index in [1.54, 1.807) is 13.8 Å². The first-order chi connectivity index (χ1) is 9.95. The molecule has 0 saturated carbocycles. The first-order valence-electron chi connectivity index (χ1n) is 6.47. The Morgan fingerprint density at radius 1 is 1.43 bits per heavy atom. The van der Waals surface area contributed by atoms with Gasteiger partial charge in [-0.1, -0.05) is 25.2 Å². The highest BCUT2D eigenvalue weighted by molar-refractivity contribution is 7.91. The van der Waals surface area contributed by atoms with Crippen molar-refractivity contribution in [1.82, 2.24) is 19.8 Å². The molecule has 2 heterocycles. The van der Waals surface area contributed by atoms with Gasteiger partial charge in [0.25, 0.3) is 10.0 Å². The number of amides is 2. The quantitative estimate of drug-likeness (QED) is 0.675. The maximum absolute atomic E-state index is 12.3. The minimum atomic E-state index is -3.69. The first kappa shape index (κ1) is 16.1. The molecule has 1 saturated heterocycles. The molecule has 0 aliphatic carbocycles. The molecule has 1 fully saturated rings. The topological polar surface area (TPSA) is 116 Å². The van der Waals surface area contributed by atoms with Crippen molar-refractivity contribution in [3.05, 3.63) is 0 Å². The maximum atomic E-state index is 12.3. The van der Waals surface area contributed by atoms with Crippen LogP contribution in [-0.4, -0.2) is 66.3 Å². The van der Waals surface area contributed by atoms with Crippen molar-refractivity contribution in [2.24, 2.45) is 0 Å². The van der Waals surface area contributed by atoms with Gasteiger partial charge in [0.2, 0.25) is 9.47 Å². The van der Waals surface area contributed by atoms with Gasteiger partial charge in [0, 0.05) is 19.6 Å². The number of rotatable bonds is 6. The summed E-state index contributed by atoms with van der Waals surface area (Å²) in [5.41, 5.74) is 0. The number of carbonyl (C=O) groups is 1. The van der Waals surface area contributed by atoms with Crippen LogP contribution >= 0.6 is 11.3 Å². The van der Waals surface area contributed by atoms with Gasteiger partial charge < -0.3 is 10.4 Å². The van der Waals surface area contributed by atoms with E-state index in [0.29, 0.717) is 13.1 Å². The lowest BCUT2D eigenvalue weighted by Crippen LogP contribution is -2.36. The van der Waals surface area contributed by atoms with E-state index in [9.17, 15) is 18.3 Å². The van der Waals surface area contributed by atoms with E-state index in [0.717, 1.165) is 11.3 Å². The molecule has 0 spiro atoms. The second kappa shape index (κ2) is 6.22. The second-order valence-corrected chi connectivity index (χ2v) is 7.40. The Bertz CT molecular complexity index is 613. The number of nitrogens with zero attached hydrogens (tertiary/aromatic N) is 4. The second-order valence-electron chi connectivity index (χ2n) is 4.33. The fourth-order valence-corrected chi connectivity index (χ4v) is 4.67. The number of anilines is 1. The van der Waals surface area contributed by atoms with Crippen molar-refractivity contribution in [1.29, 1.82) is 0 Å². The summed E-state index contributed by atoms with van der Waals surface area (Å²) in [7, 11) is -3.69. The predicted octanol–water partition coefficient (Wildman–Crippen LogP) is -0.541. The molecule has 9 nitrogen and oxygen atoms in total. The third-order valence-electron chi connectivity index (χ3n) is 3.15. The molecule has 2 amide bonds. The third-order valence-corrected chi connectivity index (χ3v) is 6.47. The highest BCUT2D eigenvalue weighted by atomic mass is 32.2. The summed E-state index contributed by atoms with van der Waals surface area (Å²) in [4.78, 5) is 13.0. The van der Waals surface area contributed by atoms with E-state index in [1.807, 2.05) is 0 Å². The molecule has 118 valence electrons. The van der Waals surface area contributed by atoms with Gasteiger partial charge in [-0.2, -0.15) is 4.31 Å². The molecule has 1 unspecified atom stereocenters. The average Bonchev–Trinajstić information content (AvgIpc) is 3.06. The molecule has 0 radical (unpaired) electrons. The standard InChI is InChI=1S/C10H17N5O4S2/c1-3-14(4-2)21(18,19)10-13-12-9(20-10)15-7(6-16)5-11-8(15)17/h7,16H,3-6H2,1-2H3,(H,11,17). The minimum Gasteiger partial charge on any atom is -0.394 e. The summed E-state index contributed by atoms with van der Waals surface area (Å²) in [6.07, 6.45) is 0. The van der Waals surface area contributed by atoms with Gasteiger partial charge in [0.1, 0.15) is 0 Å². The number of urea groups is 1. The van der Waals surface area contributed by atoms with Crippen LogP contribution in [-0.2, 0) is 10.0 Å². The molecule has 21 heavy (non-hydrogen) atoms. The number of aromatic nitrogens is 2. The van der Waals surface area contributed by atoms with Crippen molar-refractivity contribution < 1.29 is 18.3 Å². The van der Waals surface area contributed by atoms with Gasteiger partial charge in [0.05, 0.1) is 12.6 Å². The molecule has 11 heteroatoms. The summed E-state index contributed by atoms with van der Waals surface area (Å²) < 4.78 is 25.8. The molecule has 1 aliphatic rings. The lowest BCUT2D eigenvalue weighted by molar-refractivity contribution is 0.247. The van der Waals surface area contributed by atoms with Crippen molar-refractivity contribution in [3.8, 4) is 0 Å². The monoisotopic (exact) mass is 335 g/mol. The van der Waals surface area contributed by atoms with Gasteiger partial charge in [-0.25, -0.2) is 13.2 Å². The summed E-state index contributed by atoms with van der Waals surface area (Å²) in [6, 6.07) is -0.883. The summed E-state index contributed by atoms with van der Waals surface area (Å²) in [5.74, 6) is 0. The Balaban J connectivity index is 2.32. The number of sulfonamides is 1. The molecule has 0 aromatic carbocycles. The summed E-state index contributed by atoms with van der Waals surface area (Å²) >= 11 is 0.821. The third kappa shape index (κ3) is 2.86. The molecule has 0 bridgehead atoms. The van der Waals surface area contributed by atoms with Gasteiger partial charge in [0.15, 0.2) is 0 Å². The van der Waals surface area contributed by atoms with E-state index >= 15 is 0 Å². The number of aliphatic hydroxyl groups is 1. The number of carbonyl (C=O) groups excluding carboxylic acids is 1. The minimum absolute atomic E-state index is 0.155. The Labute approximate surface area is 126 Å². The Hall–Kier alpha value is -1.30. The van der Waals surface area contributed by atoms with Crippen LogP contribution in [0.1, 0.15) is 13.8 Å². The molecule has 1 aromatic heterocycles. The van der Waals surface area contributed by atoms with Crippen molar-refractivity contribution in [2.75, 3.05) is 31.1 Å². The Kier molecular flexibility index (Phi) is 4.76. The van der Waals surface area contributed by atoms with E-state index in [2.05, 4.69) is 15.5 Å². The molecule has 2 N–H and O–H groups in total. The molecule has 1 aromatic rings. The number of hydrogen-bond acceptors (Lipinski definition) is 7. The van der Waals surface area contributed by atoms with Crippen molar-refractivity contribution in [2.45, 2.75) is 24.2 Å². The fourth-order valence-electron chi connectivity index (χ4n) is 2.01. The highest BCUT2D eigenvalue weighted by Crippen LogP contribution is 2.28. The fraction of sp³-hybridized carbons (Fsp3) is 0.700.